The second-order valence-electron chi connectivity index (χ2n) is 8.89. The van der Waals surface area contributed by atoms with E-state index in [2.05, 4.69) is 10.2 Å². The number of imide groups is 1. The van der Waals surface area contributed by atoms with Crippen LogP contribution in [0.4, 0.5) is 4.79 Å². The molecular formula is C21H32N2O10. The van der Waals surface area contributed by atoms with Crippen LogP contribution in [0.3, 0.4) is 0 Å². The van der Waals surface area contributed by atoms with Gasteiger partial charge in [0.2, 0.25) is 0 Å². The molecule has 3 amide bonds. The molecule has 0 unspecified atom stereocenters. The van der Waals surface area contributed by atoms with Gasteiger partial charge in [0.25, 0.3) is 11.8 Å². The highest BCUT2D eigenvalue weighted by molar-refractivity contribution is 6.01. The van der Waals surface area contributed by atoms with E-state index in [-0.39, 0.29) is 38.2 Å². The Labute approximate surface area is 192 Å². The van der Waals surface area contributed by atoms with Crippen LogP contribution in [0.5, 0.6) is 0 Å². The van der Waals surface area contributed by atoms with Gasteiger partial charge in [-0.25, -0.2) is 14.4 Å². The second kappa shape index (κ2) is 12.2. The fourth-order valence-corrected chi connectivity index (χ4v) is 2.44. The summed E-state index contributed by atoms with van der Waals surface area (Å²) in [6.45, 7) is 9.96. The van der Waals surface area contributed by atoms with Crippen molar-refractivity contribution in [3.8, 4) is 0 Å². The quantitative estimate of drug-likeness (QED) is 0.280. The fourth-order valence-electron chi connectivity index (χ4n) is 2.44. The molecule has 0 aromatic carbocycles. The Bertz CT molecular complexity index is 755. The van der Waals surface area contributed by atoms with Crippen molar-refractivity contribution in [3.05, 3.63) is 0 Å². The third-order valence-electron chi connectivity index (χ3n) is 4.00. The van der Waals surface area contributed by atoms with E-state index in [0.717, 1.165) is 0 Å². The van der Waals surface area contributed by atoms with Crippen molar-refractivity contribution in [2.45, 2.75) is 85.0 Å². The summed E-state index contributed by atoms with van der Waals surface area (Å²) in [7, 11) is 0. The van der Waals surface area contributed by atoms with Crippen molar-refractivity contribution in [1.82, 2.24) is 10.4 Å². The molecule has 1 saturated heterocycles. The Morgan fingerprint density at radius 3 is 2.09 bits per heavy atom. The molecule has 0 bridgehead atoms. The maximum Gasteiger partial charge on any atom is 0.408 e. The zero-order chi connectivity index (χ0) is 25.3. The molecule has 1 aliphatic heterocycles. The van der Waals surface area contributed by atoms with E-state index in [1.165, 1.54) is 6.92 Å². The van der Waals surface area contributed by atoms with Crippen LogP contribution in [0, 0.1) is 5.92 Å². The maximum atomic E-state index is 12.4. The maximum absolute atomic E-state index is 12.4. The lowest BCUT2D eigenvalue weighted by Crippen LogP contribution is -2.45. The number of nitrogens with zero attached hydrogens (tertiary/aromatic N) is 1. The van der Waals surface area contributed by atoms with E-state index in [4.69, 9.17) is 14.2 Å². The molecule has 12 heteroatoms. The second-order valence-corrected chi connectivity index (χ2v) is 8.89. The Morgan fingerprint density at radius 1 is 1.00 bits per heavy atom. The van der Waals surface area contributed by atoms with E-state index in [0.29, 0.717) is 5.06 Å². The van der Waals surface area contributed by atoms with Crippen molar-refractivity contribution in [3.63, 3.8) is 0 Å². The average Bonchev–Trinajstić information content (AvgIpc) is 2.99. The summed E-state index contributed by atoms with van der Waals surface area (Å²) in [4.78, 5) is 76.3. The summed E-state index contributed by atoms with van der Waals surface area (Å²) in [6.07, 6.45) is -2.95. The summed E-state index contributed by atoms with van der Waals surface area (Å²) in [6, 6.07) is -1.19. The first kappa shape index (κ1) is 27.9. The molecule has 1 N–H and O–H groups in total. The van der Waals surface area contributed by atoms with E-state index < -0.39 is 53.6 Å². The zero-order valence-corrected chi connectivity index (χ0v) is 19.8. The molecule has 1 aliphatic rings. The largest absolute Gasteiger partial charge is 0.464 e. The normalized spacial score (nSPS) is 15.7. The predicted octanol–water partition coefficient (Wildman–Crippen LogP) is 1.40. The molecule has 1 rings (SSSR count). The minimum Gasteiger partial charge on any atom is -0.464 e. The first-order valence-corrected chi connectivity index (χ1v) is 10.6. The van der Waals surface area contributed by atoms with Gasteiger partial charge in [-0.1, -0.05) is 13.8 Å². The highest BCUT2D eigenvalue weighted by atomic mass is 16.7. The fraction of sp³-hybridized carbons (Fsp3) is 0.714. The summed E-state index contributed by atoms with van der Waals surface area (Å²) in [5.41, 5.74) is -0.802. The van der Waals surface area contributed by atoms with Gasteiger partial charge in [-0.3, -0.25) is 14.4 Å². The number of hydrogen-bond donors (Lipinski definition) is 1. The van der Waals surface area contributed by atoms with Gasteiger partial charge in [0, 0.05) is 19.3 Å². The van der Waals surface area contributed by atoms with E-state index in [9.17, 15) is 28.8 Å². The van der Waals surface area contributed by atoms with E-state index >= 15 is 0 Å². The van der Waals surface area contributed by atoms with Gasteiger partial charge in [-0.2, -0.15) is 0 Å². The van der Waals surface area contributed by atoms with Crippen LogP contribution in [0.25, 0.3) is 0 Å². The predicted molar refractivity (Wildman–Crippen MR) is 111 cm³/mol. The molecule has 2 atom stereocenters. The van der Waals surface area contributed by atoms with Gasteiger partial charge in [0.05, 0.1) is 6.61 Å². The van der Waals surface area contributed by atoms with Crippen LogP contribution in [0.1, 0.15) is 67.2 Å². The Kier molecular flexibility index (Phi) is 10.3. The molecule has 1 heterocycles. The van der Waals surface area contributed by atoms with Crippen molar-refractivity contribution < 1.29 is 47.8 Å². The molecule has 0 aliphatic carbocycles. The molecule has 12 nitrogen and oxygen atoms in total. The molecule has 186 valence electrons. The summed E-state index contributed by atoms with van der Waals surface area (Å²) >= 11 is 0. The first-order chi connectivity index (χ1) is 15.2. The molecule has 0 aromatic heterocycles. The molecule has 0 spiro atoms. The van der Waals surface area contributed by atoms with Crippen LogP contribution in [-0.4, -0.2) is 65.2 Å². The van der Waals surface area contributed by atoms with Gasteiger partial charge in [-0.05, 0) is 40.0 Å². The number of nitrogens with one attached hydrogen (secondary N) is 1. The Balaban J connectivity index is 2.64. The van der Waals surface area contributed by atoms with Crippen molar-refractivity contribution in [1.29, 1.82) is 0 Å². The van der Waals surface area contributed by atoms with E-state index in [1.54, 1.807) is 20.8 Å². The van der Waals surface area contributed by atoms with Crippen molar-refractivity contribution >= 4 is 35.8 Å². The van der Waals surface area contributed by atoms with Crippen LogP contribution in [-0.2, 0) is 43.0 Å². The van der Waals surface area contributed by atoms with Gasteiger partial charge < -0.3 is 24.4 Å². The highest BCUT2D eigenvalue weighted by Crippen LogP contribution is 2.14. The summed E-state index contributed by atoms with van der Waals surface area (Å²) < 4.78 is 15.2. The molecule has 33 heavy (non-hydrogen) atoms. The SMILES string of the molecule is CC(C)COC(=O)[C@H](CCC(=O)O[C@@H](C)C(=O)ON1C(=O)CCC1=O)NC(=O)OC(C)(C)C. The number of carbonyl (C=O) groups is 6. The van der Waals surface area contributed by atoms with Crippen LogP contribution >= 0.6 is 0 Å². The van der Waals surface area contributed by atoms with Gasteiger partial charge in [0.15, 0.2) is 6.10 Å². The Hall–Kier alpha value is -3.18. The number of hydrogen-bond acceptors (Lipinski definition) is 10. The number of hydroxylamine groups is 2. The average molecular weight is 472 g/mol. The number of carbonyl (C=O) groups excluding carboxylic acids is 6. The lowest BCUT2D eigenvalue weighted by atomic mass is 10.1. The number of rotatable bonds is 10. The number of ether oxygens (including phenoxy) is 3. The molecule has 0 saturated carbocycles. The number of esters is 2. The topological polar surface area (TPSA) is 155 Å². The van der Waals surface area contributed by atoms with E-state index in [1.807, 2.05) is 13.8 Å². The Morgan fingerprint density at radius 2 is 1.58 bits per heavy atom. The monoisotopic (exact) mass is 472 g/mol. The standard InChI is InChI=1S/C21H32N2O10/c1-12(2)11-30-19(28)14(22-20(29)32-21(4,5)6)7-10-17(26)31-13(3)18(27)33-23-15(24)8-9-16(23)25/h12-14H,7-11H2,1-6H3,(H,22,29)/t13-,14-/m0/s1. The van der Waals surface area contributed by atoms with Gasteiger partial charge in [0.1, 0.15) is 11.6 Å². The molecular weight excluding hydrogens is 440 g/mol. The van der Waals surface area contributed by atoms with Crippen LogP contribution < -0.4 is 5.32 Å². The van der Waals surface area contributed by atoms with Crippen LogP contribution in [0.15, 0.2) is 0 Å². The minimum atomic E-state index is -1.41. The van der Waals surface area contributed by atoms with Crippen molar-refractivity contribution in [2.24, 2.45) is 5.92 Å². The lowest BCUT2D eigenvalue weighted by Gasteiger charge is -2.23. The van der Waals surface area contributed by atoms with Crippen molar-refractivity contribution in [2.75, 3.05) is 6.61 Å². The first-order valence-electron chi connectivity index (χ1n) is 10.6. The number of amides is 3. The van der Waals surface area contributed by atoms with Gasteiger partial charge in [-0.15, -0.1) is 5.06 Å². The molecule has 0 aromatic rings. The van der Waals surface area contributed by atoms with Crippen LogP contribution in [0.2, 0.25) is 0 Å². The molecule has 1 fully saturated rings. The molecule has 0 radical (unpaired) electrons. The van der Waals surface area contributed by atoms with Gasteiger partial charge >= 0.3 is 24.0 Å². The third-order valence-corrected chi connectivity index (χ3v) is 4.00. The minimum absolute atomic E-state index is 0.0577. The zero-order valence-electron chi connectivity index (χ0n) is 19.8. The lowest BCUT2D eigenvalue weighted by molar-refractivity contribution is -0.205. The summed E-state index contributed by atoms with van der Waals surface area (Å²) in [5.74, 6) is -3.99. The number of alkyl carbamates (subject to hydrolysis) is 1. The highest BCUT2D eigenvalue weighted by Gasteiger charge is 2.35. The summed E-state index contributed by atoms with van der Waals surface area (Å²) in [5, 5.41) is 2.72. The third kappa shape index (κ3) is 10.3. The smallest absolute Gasteiger partial charge is 0.408 e.